The van der Waals surface area contributed by atoms with Crippen molar-refractivity contribution in [2.75, 3.05) is 5.75 Å². The SMILES string of the molecule is Cc1cc(C)c2c(c1)C(NC1CC1)CS2=O. The van der Waals surface area contributed by atoms with Crippen molar-refractivity contribution >= 4 is 10.8 Å². The highest BCUT2D eigenvalue weighted by Crippen LogP contribution is 2.36. The zero-order chi connectivity index (χ0) is 11.3. The van der Waals surface area contributed by atoms with Gasteiger partial charge in [-0.25, -0.2) is 0 Å². The van der Waals surface area contributed by atoms with E-state index >= 15 is 0 Å². The van der Waals surface area contributed by atoms with Crippen molar-refractivity contribution in [3.63, 3.8) is 0 Å². The summed E-state index contributed by atoms with van der Waals surface area (Å²) in [6, 6.07) is 5.33. The molecule has 3 rings (SSSR count). The molecule has 1 aromatic rings. The van der Waals surface area contributed by atoms with Gasteiger partial charge in [0.15, 0.2) is 0 Å². The molecule has 1 fully saturated rings. The fourth-order valence-electron chi connectivity index (χ4n) is 2.55. The van der Waals surface area contributed by atoms with Crippen molar-refractivity contribution in [2.45, 2.75) is 43.7 Å². The Hall–Kier alpha value is -0.670. The van der Waals surface area contributed by atoms with E-state index in [2.05, 4.69) is 31.3 Å². The third-order valence-corrected chi connectivity index (χ3v) is 5.03. The first kappa shape index (κ1) is 10.5. The van der Waals surface area contributed by atoms with E-state index in [1.165, 1.54) is 29.5 Å². The average Bonchev–Trinajstić information content (AvgIpc) is 2.93. The van der Waals surface area contributed by atoms with Gasteiger partial charge in [0.25, 0.3) is 0 Å². The Kier molecular flexibility index (Phi) is 2.41. The molecule has 0 bridgehead atoms. The number of nitrogens with one attached hydrogen (secondary N) is 1. The maximum Gasteiger partial charge on any atom is 0.0554 e. The molecule has 0 radical (unpaired) electrons. The van der Waals surface area contributed by atoms with Crippen molar-refractivity contribution in [2.24, 2.45) is 0 Å². The van der Waals surface area contributed by atoms with Crippen LogP contribution in [0.5, 0.6) is 0 Å². The summed E-state index contributed by atoms with van der Waals surface area (Å²) in [5.74, 6) is 0.760. The lowest BCUT2D eigenvalue weighted by atomic mass is 10.0. The lowest BCUT2D eigenvalue weighted by Gasteiger charge is -2.13. The predicted molar refractivity (Wildman–Crippen MR) is 66.1 cm³/mol. The third-order valence-electron chi connectivity index (χ3n) is 3.38. The van der Waals surface area contributed by atoms with Crippen molar-refractivity contribution in [1.82, 2.24) is 5.32 Å². The van der Waals surface area contributed by atoms with Crippen LogP contribution in [0.3, 0.4) is 0 Å². The Bertz CT molecular complexity index is 465. The first-order valence-corrected chi connectivity index (χ1v) is 7.22. The zero-order valence-corrected chi connectivity index (χ0v) is 10.6. The van der Waals surface area contributed by atoms with Gasteiger partial charge < -0.3 is 5.32 Å². The van der Waals surface area contributed by atoms with Crippen LogP contribution >= 0.6 is 0 Å². The number of aryl methyl sites for hydroxylation is 2. The summed E-state index contributed by atoms with van der Waals surface area (Å²) in [6.07, 6.45) is 2.56. The van der Waals surface area contributed by atoms with Gasteiger partial charge in [0.2, 0.25) is 0 Å². The molecule has 0 aromatic heterocycles. The number of benzene rings is 1. The minimum atomic E-state index is -0.799. The van der Waals surface area contributed by atoms with Crippen LogP contribution in [0.1, 0.15) is 35.6 Å². The van der Waals surface area contributed by atoms with E-state index in [0.29, 0.717) is 12.1 Å². The fourth-order valence-corrected chi connectivity index (χ4v) is 4.18. The molecule has 86 valence electrons. The Balaban J connectivity index is 2.01. The topological polar surface area (TPSA) is 29.1 Å². The van der Waals surface area contributed by atoms with E-state index < -0.39 is 10.8 Å². The lowest BCUT2D eigenvalue weighted by Crippen LogP contribution is -2.24. The number of hydrogen-bond acceptors (Lipinski definition) is 2. The Morgan fingerprint density at radius 2 is 2.06 bits per heavy atom. The van der Waals surface area contributed by atoms with Gasteiger partial charge in [0, 0.05) is 22.7 Å². The van der Waals surface area contributed by atoms with Crippen LogP contribution in [0.25, 0.3) is 0 Å². The minimum Gasteiger partial charge on any atom is -0.306 e. The van der Waals surface area contributed by atoms with Crippen LogP contribution < -0.4 is 5.32 Å². The summed E-state index contributed by atoms with van der Waals surface area (Å²) in [6.45, 7) is 4.19. The minimum absolute atomic E-state index is 0.321. The van der Waals surface area contributed by atoms with Crippen LogP contribution in [-0.2, 0) is 10.8 Å². The number of hydrogen-bond donors (Lipinski definition) is 1. The number of rotatable bonds is 2. The van der Waals surface area contributed by atoms with Gasteiger partial charge >= 0.3 is 0 Å². The molecule has 0 saturated heterocycles. The van der Waals surface area contributed by atoms with Crippen LogP contribution in [0.15, 0.2) is 17.0 Å². The second kappa shape index (κ2) is 3.67. The summed E-state index contributed by atoms with van der Waals surface area (Å²) >= 11 is 0. The van der Waals surface area contributed by atoms with Crippen LogP contribution in [-0.4, -0.2) is 16.0 Å². The van der Waals surface area contributed by atoms with Gasteiger partial charge in [-0.1, -0.05) is 17.7 Å². The molecule has 1 N–H and O–H groups in total. The summed E-state index contributed by atoms with van der Waals surface area (Å²) in [4.78, 5) is 1.09. The maximum absolute atomic E-state index is 12.1. The molecule has 0 amide bonds. The van der Waals surface area contributed by atoms with Crippen LogP contribution in [0.4, 0.5) is 0 Å². The third kappa shape index (κ3) is 1.72. The molecule has 1 aliphatic carbocycles. The van der Waals surface area contributed by atoms with E-state index in [0.717, 1.165) is 10.6 Å². The first-order valence-electron chi connectivity index (χ1n) is 5.90. The largest absolute Gasteiger partial charge is 0.306 e. The van der Waals surface area contributed by atoms with E-state index in [1.807, 2.05) is 0 Å². The molecule has 16 heavy (non-hydrogen) atoms. The van der Waals surface area contributed by atoms with E-state index in [4.69, 9.17) is 0 Å². The summed E-state index contributed by atoms with van der Waals surface area (Å²) in [5, 5.41) is 3.60. The van der Waals surface area contributed by atoms with Gasteiger partial charge in [-0.3, -0.25) is 4.21 Å². The highest BCUT2D eigenvalue weighted by Gasteiger charge is 2.33. The van der Waals surface area contributed by atoms with Gasteiger partial charge in [0.1, 0.15) is 0 Å². The van der Waals surface area contributed by atoms with Gasteiger partial charge in [0.05, 0.1) is 10.8 Å². The average molecular weight is 235 g/mol. The smallest absolute Gasteiger partial charge is 0.0554 e. The molecule has 1 saturated carbocycles. The van der Waals surface area contributed by atoms with E-state index in [-0.39, 0.29) is 0 Å². The maximum atomic E-state index is 12.1. The molecule has 0 spiro atoms. The van der Waals surface area contributed by atoms with Crippen molar-refractivity contribution in [1.29, 1.82) is 0 Å². The van der Waals surface area contributed by atoms with Gasteiger partial charge in [-0.2, -0.15) is 0 Å². The molecule has 1 aromatic carbocycles. The summed E-state index contributed by atoms with van der Waals surface area (Å²) < 4.78 is 12.1. The second-order valence-electron chi connectivity index (χ2n) is 5.01. The van der Waals surface area contributed by atoms with Crippen LogP contribution in [0.2, 0.25) is 0 Å². The highest BCUT2D eigenvalue weighted by molar-refractivity contribution is 7.85. The summed E-state index contributed by atoms with van der Waals surface area (Å²) in [5.41, 5.74) is 3.74. The van der Waals surface area contributed by atoms with Crippen molar-refractivity contribution in [3.05, 3.63) is 28.8 Å². The molecule has 3 heteroatoms. The Morgan fingerprint density at radius 1 is 1.31 bits per heavy atom. The normalized spacial score (nSPS) is 28.1. The Labute approximate surface area is 98.9 Å². The quantitative estimate of drug-likeness (QED) is 0.851. The Morgan fingerprint density at radius 3 is 2.75 bits per heavy atom. The monoisotopic (exact) mass is 235 g/mol. The molecular weight excluding hydrogens is 218 g/mol. The van der Waals surface area contributed by atoms with Gasteiger partial charge in [-0.05, 0) is 37.8 Å². The molecule has 2 atom stereocenters. The van der Waals surface area contributed by atoms with Gasteiger partial charge in [-0.15, -0.1) is 0 Å². The van der Waals surface area contributed by atoms with E-state index in [1.54, 1.807) is 0 Å². The van der Waals surface area contributed by atoms with Crippen molar-refractivity contribution in [3.8, 4) is 0 Å². The second-order valence-corrected chi connectivity index (χ2v) is 6.44. The van der Waals surface area contributed by atoms with Crippen LogP contribution in [0, 0.1) is 13.8 Å². The molecule has 2 nitrogen and oxygen atoms in total. The molecule has 1 heterocycles. The molecule has 1 aliphatic heterocycles. The van der Waals surface area contributed by atoms with Crippen molar-refractivity contribution < 1.29 is 4.21 Å². The van der Waals surface area contributed by atoms with E-state index in [9.17, 15) is 4.21 Å². The number of fused-ring (bicyclic) bond motifs is 1. The molecular formula is C13H17NOS. The first-order chi connectivity index (χ1) is 7.65. The predicted octanol–water partition coefficient (Wildman–Crippen LogP) is 2.22. The lowest BCUT2D eigenvalue weighted by molar-refractivity contribution is 0.576. The summed E-state index contributed by atoms with van der Waals surface area (Å²) in [7, 11) is -0.799. The fraction of sp³-hybridized carbons (Fsp3) is 0.538. The molecule has 2 unspecified atom stereocenters. The molecule has 2 aliphatic rings. The standard InChI is InChI=1S/C13H17NOS/c1-8-5-9(2)13-11(6-8)12(7-16(13)15)14-10-3-4-10/h5-6,10,12,14H,3-4,7H2,1-2H3. The highest BCUT2D eigenvalue weighted by atomic mass is 32.2. The zero-order valence-electron chi connectivity index (χ0n) is 9.75.